The van der Waals surface area contributed by atoms with Gasteiger partial charge in [-0.25, -0.2) is 4.79 Å². The van der Waals surface area contributed by atoms with Crippen molar-refractivity contribution in [3.63, 3.8) is 0 Å². The Labute approximate surface area is 132 Å². The maximum absolute atomic E-state index is 11.6. The number of carbonyl (C=O) groups is 1. The molecule has 0 bridgehead atoms. The molecule has 0 saturated heterocycles. The van der Waals surface area contributed by atoms with Gasteiger partial charge in [-0.2, -0.15) is 0 Å². The van der Waals surface area contributed by atoms with Crippen LogP contribution >= 0.6 is 0 Å². The quantitative estimate of drug-likeness (QED) is 0.179. The minimum absolute atomic E-state index is 0. The Kier molecular flexibility index (Phi) is 14.8. The Morgan fingerprint density at radius 1 is 1.00 bits per heavy atom. The van der Waals surface area contributed by atoms with Gasteiger partial charge in [0.15, 0.2) is 0 Å². The molecule has 0 radical (unpaired) electrons. The second-order valence-electron chi connectivity index (χ2n) is 3.73. The molecular formula is C13H23NaO4. The molecule has 0 aliphatic rings. The van der Waals surface area contributed by atoms with E-state index in [9.17, 15) is 9.90 Å². The van der Waals surface area contributed by atoms with Crippen LogP contribution in [0.25, 0.3) is 0 Å². The number of hydrogen-bond donors (Lipinski definition) is 0. The first-order chi connectivity index (χ1) is 8.17. The van der Waals surface area contributed by atoms with Crippen LogP contribution in [0, 0.1) is 0 Å². The third-order valence-corrected chi connectivity index (χ3v) is 2.32. The summed E-state index contributed by atoms with van der Waals surface area (Å²) < 4.78 is 9.70. The molecule has 0 aromatic carbocycles. The van der Waals surface area contributed by atoms with Crippen LogP contribution in [0.5, 0.6) is 0 Å². The maximum atomic E-state index is 11.6. The molecule has 100 valence electrons. The van der Waals surface area contributed by atoms with Crippen molar-refractivity contribution in [2.24, 2.45) is 0 Å². The van der Waals surface area contributed by atoms with Gasteiger partial charge in [0, 0.05) is 0 Å². The summed E-state index contributed by atoms with van der Waals surface area (Å²) >= 11 is 0. The van der Waals surface area contributed by atoms with E-state index in [4.69, 9.17) is 9.47 Å². The largest absolute Gasteiger partial charge is 1.00 e. The van der Waals surface area contributed by atoms with Crippen LogP contribution in [-0.2, 0) is 14.3 Å². The summed E-state index contributed by atoms with van der Waals surface area (Å²) in [5.74, 6) is -1.08. The molecule has 0 rings (SSSR count). The van der Waals surface area contributed by atoms with E-state index in [0.29, 0.717) is 6.42 Å². The first-order valence-corrected chi connectivity index (χ1v) is 6.37. The Balaban J connectivity index is 0. The molecule has 0 saturated carbocycles. The molecule has 0 spiro atoms. The molecule has 0 heterocycles. The first-order valence-electron chi connectivity index (χ1n) is 6.37. The molecule has 0 amide bonds. The van der Waals surface area contributed by atoms with Gasteiger partial charge in [0.05, 0.1) is 18.1 Å². The van der Waals surface area contributed by atoms with E-state index in [1.165, 1.54) is 0 Å². The van der Waals surface area contributed by atoms with E-state index in [-0.39, 0.29) is 48.3 Å². The number of carbonyl (C=O) groups excluding carboxylic acids is 1. The normalized spacial score (nSPS) is 11.3. The van der Waals surface area contributed by atoms with Gasteiger partial charge in [0.1, 0.15) is 0 Å². The van der Waals surface area contributed by atoms with E-state index in [1.807, 2.05) is 0 Å². The first kappa shape index (κ1) is 20.1. The second-order valence-corrected chi connectivity index (χ2v) is 3.73. The molecule has 0 fully saturated rings. The van der Waals surface area contributed by atoms with E-state index < -0.39 is 11.9 Å². The predicted octanol–water partition coefficient (Wildman–Crippen LogP) is -0.868. The number of esters is 1. The molecule has 0 aromatic rings. The predicted molar refractivity (Wildman–Crippen MR) is 64.0 cm³/mol. The van der Waals surface area contributed by atoms with Gasteiger partial charge in [0.2, 0.25) is 0 Å². The summed E-state index contributed by atoms with van der Waals surface area (Å²) in [5, 5.41) is 11.6. The molecule has 0 atom stereocenters. The Hall–Kier alpha value is -0.190. The third kappa shape index (κ3) is 8.84. The minimum atomic E-state index is -0.539. The fourth-order valence-corrected chi connectivity index (χ4v) is 1.45. The number of hydrogen-bond acceptors (Lipinski definition) is 4. The molecule has 0 aliphatic heterocycles. The van der Waals surface area contributed by atoms with Crippen molar-refractivity contribution in [2.45, 2.75) is 52.9 Å². The molecule has 0 unspecified atom stereocenters. The van der Waals surface area contributed by atoms with E-state index in [0.717, 1.165) is 25.7 Å². The molecule has 0 aromatic heterocycles. The van der Waals surface area contributed by atoms with Crippen LogP contribution in [0.2, 0.25) is 0 Å². The van der Waals surface area contributed by atoms with Crippen molar-refractivity contribution in [1.82, 2.24) is 0 Å². The SMILES string of the molecule is CCCCCC/C(C(=O)OCC)=C(/[O-])OCC.[Na+]. The van der Waals surface area contributed by atoms with Crippen molar-refractivity contribution in [1.29, 1.82) is 0 Å². The molecule has 4 nitrogen and oxygen atoms in total. The van der Waals surface area contributed by atoms with E-state index in [1.54, 1.807) is 13.8 Å². The maximum Gasteiger partial charge on any atom is 1.00 e. The van der Waals surface area contributed by atoms with Crippen LogP contribution in [0.3, 0.4) is 0 Å². The summed E-state index contributed by atoms with van der Waals surface area (Å²) in [7, 11) is 0. The van der Waals surface area contributed by atoms with Crippen LogP contribution in [0.1, 0.15) is 52.9 Å². The second kappa shape index (κ2) is 13.2. The summed E-state index contributed by atoms with van der Waals surface area (Å²) in [4.78, 5) is 11.6. The van der Waals surface area contributed by atoms with Crippen LogP contribution < -0.4 is 34.7 Å². The molecule has 0 aliphatic carbocycles. The minimum Gasteiger partial charge on any atom is -0.613 e. The van der Waals surface area contributed by atoms with Gasteiger partial charge in [-0.05, 0) is 26.4 Å². The smallest absolute Gasteiger partial charge is 0.613 e. The van der Waals surface area contributed by atoms with Crippen molar-refractivity contribution < 1.29 is 48.9 Å². The standard InChI is InChI=1S/C13H24O4.Na/c1-4-7-8-9-10-11(12(14)16-5-2)13(15)17-6-3;/h14H,4-10H2,1-3H3;/q;+1/p-1/b12-11+;. The molecule has 5 heteroatoms. The van der Waals surface area contributed by atoms with Gasteiger partial charge in [-0.3, -0.25) is 0 Å². The summed E-state index contributed by atoms with van der Waals surface area (Å²) in [6, 6.07) is 0. The van der Waals surface area contributed by atoms with Gasteiger partial charge in [0.25, 0.3) is 0 Å². The summed E-state index contributed by atoms with van der Waals surface area (Å²) in [5.41, 5.74) is 0.143. The molecule has 0 N–H and O–H groups in total. The van der Waals surface area contributed by atoms with Crippen molar-refractivity contribution in [3.8, 4) is 0 Å². The van der Waals surface area contributed by atoms with Gasteiger partial charge >= 0.3 is 35.5 Å². The fourth-order valence-electron chi connectivity index (χ4n) is 1.45. The molecule has 18 heavy (non-hydrogen) atoms. The zero-order valence-corrected chi connectivity index (χ0v) is 14.1. The average Bonchev–Trinajstić information content (AvgIpc) is 2.29. The Bertz CT molecular complexity index is 251. The van der Waals surface area contributed by atoms with Crippen molar-refractivity contribution in [3.05, 3.63) is 11.5 Å². The van der Waals surface area contributed by atoms with Gasteiger partial charge < -0.3 is 14.6 Å². The summed E-state index contributed by atoms with van der Waals surface area (Å²) in [6.45, 7) is 6.10. The van der Waals surface area contributed by atoms with Gasteiger partial charge in [-0.15, -0.1) is 0 Å². The van der Waals surface area contributed by atoms with E-state index >= 15 is 0 Å². The summed E-state index contributed by atoms with van der Waals surface area (Å²) in [6.07, 6.45) is 4.50. The third-order valence-electron chi connectivity index (χ3n) is 2.32. The van der Waals surface area contributed by atoms with Crippen molar-refractivity contribution >= 4 is 5.97 Å². The Morgan fingerprint density at radius 2 is 1.61 bits per heavy atom. The van der Waals surface area contributed by atoms with Crippen LogP contribution in [0.15, 0.2) is 11.5 Å². The van der Waals surface area contributed by atoms with Gasteiger partial charge in [-0.1, -0.05) is 33.1 Å². The number of unbranched alkanes of at least 4 members (excludes halogenated alkanes) is 3. The zero-order chi connectivity index (χ0) is 13.1. The average molecular weight is 266 g/mol. The zero-order valence-electron chi connectivity index (χ0n) is 12.1. The number of rotatable bonds is 9. The Morgan fingerprint density at radius 3 is 2.11 bits per heavy atom. The van der Waals surface area contributed by atoms with Crippen LogP contribution in [-0.4, -0.2) is 19.2 Å². The van der Waals surface area contributed by atoms with Crippen molar-refractivity contribution in [2.75, 3.05) is 13.2 Å². The van der Waals surface area contributed by atoms with Crippen LogP contribution in [0.4, 0.5) is 0 Å². The number of ether oxygens (including phenoxy) is 2. The van der Waals surface area contributed by atoms with E-state index in [2.05, 4.69) is 6.92 Å². The fraction of sp³-hybridized carbons (Fsp3) is 0.769. The molecular weight excluding hydrogens is 243 g/mol. The topological polar surface area (TPSA) is 58.6 Å². The monoisotopic (exact) mass is 266 g/mol.